The summed E-state index contributed by atoms with van der Waals surface area (Å²) in [6.45, 7) is 3.83. The van der Waals surface area contributed by atoms with Gasteiger partial charge < -0.3 is 14.8 Å². The number of esters is 1. The Hall–Kier alpha value is -3.69. The zero-order valence-corrected chi connectivity index (χ0v) is 20.1. The van der Waals surface area contributed by atoms with Crippen molar-refractivity contribution in [3.8, 4) is 5.75 Å². The minimum absolute atomic E-state index is 0.0465. The van der Waals surface area contributed by atoms with Crippen LogP contribution < -0.4 is 14.8 Å². The molecule has 34 heavy (non-hydrogen) atoms. The molecule has 178 valence electrons. The zero-order chi connectivity index (χ0) is 24.9. The molecule has 3 aromatic rings. The van der Waals surface area contributed by atoms with Gasteiger partial charge in [-0.2, -0.15) is 0 Å². The van der Waals surface area contributed by atoms with Crippen molar-refractivity contribution in [3.63, 3.8) is 0 Å². The predicted molar refractivity (Wildman–Crippen MR) is 128 cm³/mol. The zero-order valence-electron chi connectivity index (χ0n) is 19.3. The lowest BCUT2D eigenvalue weighted by molar-refractivity contribution is -0.125. The number of hydrogen-bond donors (Lipinski definition) is 2. The number of nitrogens with one attached hydrogen (secondary N) is 2. The van der Waals surface area contributed by atoms with Gasteiger partial charge >= 0.3 is 5.97 Å². The van der Waals surface area contributed by atoms with E-state index < -0.39 is 28.0 Å². The number of benzene rings is 3. The van der Waals surface area contributed by atoms with E-state index in [1.165, 1.54) is 26.3 Å². The van der Waals surface area contributed by atoms with Crippen LogP contribution in [0.4, 0.5) is 5.69 Å². The number of aryl methyl sites for hydroxylation is 2. The number of carbonyl (C=O) groups is 2. The first kappa shape index (κ1) is 24.9. The summed E-state index contributed by atoms with van der Waals surface area (Å²) >= 11 is 0. The van der Waals surface area contributed by atoms with Crippen LogP contribution in [0.5, 0.6) is 5.75 Å². The number of ether oxygens (including phenoxy) is 2. The average molecular weight is 483 g/mol. The topological polar surface area (TPSA) is 111 Å². The third-order valence-electron chi connectivity index (χ3n) is 5.01. The first-order valence-electron chi connectivity index (χ1n) is 10.4. The van der Waals surface area contributed by atoms with Gasteiger partial charge in [-0.15, -0.1) is 0 Å². The van der Waals surface area contributed by atoms with Crippen LogP contribution in [0.15, 0.2) is 71.6 Å². The molecule has 0 saturated carbocycles. The van der Waals surface area contributed by atoms with Gasteiger partial charge in [0.1, 0.15) is 10.6 Å². The highest BCUT2D eigenvalue weighted by Crippen LogP contribution is 2.27. The molecule has 0 saturated heterocycles. The molecule has 1 amide bonds. The van der Waals surface area contributed by atoms with E-state index in [2.05, 4.69) is 10.0 Å². The fraction of sp³-hybridized carbons (Fsp3) is 0.200. The molecule has 0 aliphatic heterocycles. The van der Waals surface area contributed by atoms with E-state index >= 15 is 0 Å². The number of hydrogen-bond acceptors (Lipinski definition) is 6. The number of methoxy groups -OCH3 is 1. The number of anilines is 1. The second-order valence-electron chi connectivity index (χ2n) is 7.63. The second-order valence-corrected chi connectivity index (χ2v) is 9.49. The summed E-state index contributed by atoms with van der Waals surface area (Å²) in [5, 5.41) is 2.80. The summed E-state index contributed by atoms with van der Waals surface area (Å²) in [4.78, 5) is 25.9. The first-order chi connectivity index (χ1) is 16.1. The summed E-state index contributed by atoms with van der Waals surface area (Å²) in [7, 11) is -1.33. The first-order valence-corrected chi connectivity index (χ1v) is 11.9. The number of amides is 1. The van der Waals surface area contributed by atoms with Gasteiger partial charge in [0, 0.05) is 11.3 Å². The van der Waals surface area contributed by atoms with E-state index in [1.807, 2.05) is 32.0 Å². The van der Waals surface area contributed by atoms with Crippen molar-refractivity contribution in [3.05, 3.63) is 89.0 Å². The molecule has 1 atom stereocenters. The lowest BCUT2D eigenvalue weighted by Gasteiger charge is -2.19. The lowest BCUT2D eigenvalue weighted by atomic mass is 10.1. The smallest absolute Gasteiger partial charge is 0.339 e. The molecule has 0 fully saturated rings. The third kappa shape index (κ3) is 5.81. The molecule has 0 radical (unpaired) electrons. The molecule has 1 unspecified atom stereocenters. The lowest BCUT2D eigenvalue weighted by Crippen LogP contribution is -2.26. The van der Waals surface area contributed by atoms with Gasteiger partial charge in [0.2, 0.25) is 16.1 Å². The van der Waals surface area contributed by atoms with E-state index in [4.69, 9.17) is 9.47 Å². The summed E-state index contributed by atoms with van der Waals surface area (Å²) in [6, 6.07) is 18.1. The van der Waals surface area contributed by atoms with Crippen molar-refractivity contribution >= 4 is 27.6 Å². The van der Waals surface area contributed by atoms with Gasteiger partial charge in [0.15, 0.2) is 0 Å². The highest BCUT2D eigenvalue weighted by molar-refractivity contribution is 7.89. The van der Waals surface area contributed by atoms with E-state index in [9.17, 15) is 18.0 Å². The van der Waals surface area contributed by atoms with Crippen molar-refractivity contribution in [2.24, 2.45) is 0 Å². The van der Waals surface area contributed by atoms with Gasteiger partial charge in [0.05, 0.1) is 12.7 Å². The molecule has 0 spiro atoms. The average Bonchev–Trinajstić information content (AvgIpc) is 2.81. The van der Waals surface area contributed by atoms with Crippen LogP contribution in [0.3, 0.4) is 0 Å². The molecule has 8 nitrogen and oxygen atoms in total. The van der Waals surface area contributed by atoms with Crippen LogP contribution >= 0.6 is 0 Å². The van der Waals surface area contributed by atoms with E-state index in [0.717, 1.165) is 17.2 Å². The van der Waals surface area contributed by atoms with Gasteiger partial charge in [-0.05, 0) is 62.4 Å². The van der Waals surface area contributed by atoms with E-state index in [-0.39, 0.29) is 16.2 Å². The quantitative estimate of drug-likeness (QED) is 0.473. The minimum Gasteiger partial charge on any atom is -0.495 e. The molecule has 0 heterocycles. The SMILES string of the molecule is CNS(=O)(=O)c1cc(C(=O)OC(C(=O)Nc2cc(C)cc(C)c2)c2ccccc2)ccc1OC. The van der Waals surface area contributed by atoms with Gasteiger partial charge in [-0.3, -0.25) is 4.79 Å². The molecule has 0 aliphatic carbocycles. The predicted octanol–water partition coefficient (Wildman–Crippen LogP) is 3.76. The van der Waals surface area contributed by atoms with Gasteiger partial charge in [0.25, 0.3) is 5.91 Å². The largest absolute Gasteiger partial charge is 0.495 e. The Bertz CT molecular complexity index is 1290. The summed E-state index contributed by atoms with van der Waals surface area (Å²) in [5.74, 6) is -1.33. The number of rotatable bonds is 8. The van der Waals surface area contributed by atoms with Crippen LogP contribution in [0.1, 0.15) is 33.2 Å². The Morgan fingerprint density at radius 1 is 0.912 bits per heavy atom. The summed E-state index contributed by atoms with van der Waals surface area (Å²) in [5.41, 5.74) is 2.94. The Labute approximate surface area is 199 Å². The second kappa shape index (κ2) is 10.5. The van der Waals surface area contributed by atoms with Crippen LogP contribution in [0.25, 0.3) is 0 Å². The maximum Gasteiger partial charge on any atom is 0.339 e. The normalized spacial score (nSPS) is 12.0. The van der Waals surface area contributed by atoms with Crippen LogP contribution in [0, 0.1) is 13.8 Å². The third-order valence-corrected chi connectivity index (χ3v) is 6.45. The van der Waals surface area contributed by atoms with Gasteiger partial charge in [-0.1, -0.05) is 36.4 Å². The fourth-order valence-corrected chi connectivity index (χ4v) is 4.37. The Morgan fingerprint density at radius 3 is 2.15 bits per heavy atom. The highest BCUT2D eigenvalue weighted by Gasteiger charge is 2.27. The molecule has 0 aromatic heterocycles. The molecule has 9 heteroatoms. The van der Waals surface area contributed by atoms with Crippen molar-refractivity contribution in [2.75, 3.05) is 19.5 Å². The van der Waals surface area contributed by atoms with Crippen molar-refractivity contribution in [1.82, 2.24) is 4.72 Å². The monoisotopic (exact) mass is 482 g/mol. The summed E-state index contributed by atoms with van der Waals surface area (Å²) < 4.78 is 37.6. The van der Waals surface area contributed by atoms with Crippen molar-refractivity contribution < 1.29 is 27.5 Å². The Morgan fingerprint density at radius 2 is 1.56 bits per heavy atom. The Balaban J connectivity index is 1.94. The van der Waals surface area contributed by atoms with Crippen LogP contribution in [-0.4, -0.2) is 34.5 Å². The standard InChI is InChI=1S/C25H26N2O6S/c1-16-12-17(2)14-20(13-16)27-24(28)23(18-8-6-5-7-9-18)33-25(29)19-10-11-21(32-4)22(15-19)34(30,31)26-3/h5-15,23,26H,1-4H3,(H,27,28). The molecule has 3 aromatic carbocycles. The molecule has 0 aliphatic rings. The highest BCUT2D eigenvalue weighted by atomic mass is 32.2. The van der Waals surface area contributed by atoms with E-state index in [1.54, 1.807) is 30.3 Å². The molecule has 2 N–H and O–H groups in total. The Kier molecular flexibility index (Phi) is 7.70. The van der Waals surface area contributed by atoms with Crippen molar-refractivity contribution in [2.45, 2.75) is 24.8 Å². The minimum atomic E-state index is -3.90. The molecule has 3 rings (SSSR count). The number of sulfonamides is 1. The molecular formula is C25H26N2O6S. The maximum atomic E-state index is 13.2. The van der Waals surface area contributed by atoms with E-state index in [0.29, 0.717) is 11.3 Å². The van der Waals surface area contributed by atoms with Gasteiger partial charge in [-0.25, -0.2) is 17.9 Å². The fourth-order valence-electron chi connectivity index (χ4n) is 3.45. The molecular weight excluding hydrogens is 456 g/mol. The molecule has 0 bridgehead atoms. The van der Waals surface area contributed by atoms with Crippen LogP contribution in [0.2, 0.25) is 0 Å². The maximum absolute atomic E-state index is 13.2. The van der Waals surface area contributed by atoms with Crippen LogP contribution in [-0.2, 0) is 19.6 Å². The summed E-state index contributed by atoms with van der Waals surface area (Å²) in [6.07, 6.45) is -1.26. The number of carbonyl (C=O) groups excluding carboxylic acids is 2. The van der Waals surface area contributed by atoms with Crippen molar-refractivity contribution in [1.29, 1.82) is 0 Å².